The SMILES string of the molecule is COc1ccc(/C(O)=C2/C(=O)C(=O)N(CCN(C)C)C2c2sccc2C)cc1C. The number of rotatable bonds is 6. The van der Waals surface area contributed by atoms with E-state index >= 15 is 0 Å². The highest BCUT2D eigenvalue weighted by Crippen LogP contribution is 2.42. The number of aryl methyl sites for hydroxylation is 2. The molecule has 1 saturated heterocycles. The highest BCUT2D eigenvalue weighted by atomic mass is 32.1. The Kier molecular flexibility index (Phi) is 6.10. The lowest BCUT2D eigenvalue weighted by Crippen LogP contribution is -2.35. The molecule has 154 valence electrons. The lowest BCUT2D eigenvalue weighted by Gasteiger charge is -2.26. The highest BCUT2D eigenvalue weighted by Gasteiger charge is 2.46. The van der Waals surface area contributed by atoms with Gasteiger partial charge in [0.15, 0.2) is 0 Å². The number of amides is 1. The molecule has 3 rings (SSSR count). The third-order valence-electron chi connectivity index (χ3n) is 5.15. The normalized spacial score (nSPS) is 18.7. The minimum atomic E-state index is -0.646. The zero-order valence-electron chi connectivity index (χ0n) is 17.4. The second kappa shape index (κ2) is 8.39. The predicted octanol–water partition coefficient (Wildman–Crippen LogP) is 3.36. The molecule has 0 aliphatic carbocycles. The van der Waals surface area contributed by atoms with Crippen LogP contribution in [0.2, 0.25) is 0 Å². The van der Waals surface area contributed by atoms with Crippen LogP contribution in [0.4, 0.5) is 0 Å². The third kappa shape index (κ3) is 3.93. The van der Waals surface area contributed by atoms with Gasteiger partial charge in [-0.15, -0.1) is 11.3 Å². The van der Waals surface area contributed by atoms with Gasteiger partial charge in [0, 0.05) is 23.5 Å². The molecular formula is C22H26N2O4S. The summed E-state index contributed by atoms with van der Waals surface area (Å²) >= 11 is 1.49. The maximum absolute atomic E-state index is 13.0. The molecule has 1 N–H and O–H groups in total. The smallest absolute Gasteiger partial charge is 0.295 e. The Hall–Kier alpha value is -2.64. The van der Waals surface area contributed by atoms with E-state index in [1.165, 1.54) is 11.3 Å². The number of likely N-dealkylation sites (tertiary alicyclic amines) is 1. The molecule has 7 heteroatoms. The molecule has 1 aliphatic heterocycles. The van der Waals surface area contributed by atoms with Crippen molar-refractivity contribution in [2.24, 2.45) is 0 Å². The number of benzene rings is 1. The van der Waals surface area contributed by atoms with E-state index in [0.717, 1.165) is 16.0 Å². The van der Waals surface area contributed by atoms with Crippen molar-refractivity contribution in [2.45, 2.75) is 19.9 Å². The van der Waals surface area contributed by atoms with E-state index in [2.05, 4.69) is 0 Å². The Balaban J connectivity index is 2.14. The first-order valence-electron chi connectivity index (χ1n) is 9.38. The Bertz CT molecular complexity index is 977. The number of carbonyl (C=O) groups excluding carboxylic acids is 2. The van der Waals surface area contributed by atoms with Gasteiger partial charge in [-0.1, -0.05) is 0 Å². The molecule has 0 saturated carbocycles. The van der Waals surface area contributed by atoms with Crippen molar-refractivity contribution in [1.29, 1.82) is 0 Å². The Labute approximate surface area is 175 Å². The first-order valence-corrected chi connectivity index (χ1v) is 10.3. The van der Waals surface area contributed by atoms with Crippen LogP contribution >= 0.6 is 11.3 Å². The van der Waals surface area contributed by atoms with Gasteiger partial charge in [-0.05, 0) is 68.7 Å². The third-order valence-corrected chi connectivity index (χ3v) is 6.22. The second-order valence-corrected chi connectivity index (χ2v) is 8.40. The zero-order chi connectivity index (χ0) is 21.3. The van der Waals surface area contributed by atoms with Crippen molar-refractivity contribution in [3.8, 4) is 5.75 Å². The number of hydrogen-bond donors (Lipinski definition) is 1. The van der Waals surface area contributed by atoms with E-state index in [4.69, 9.17) is 4.74 Å². The molecule has 1 amide bonds. The molecule has 1 atom stereocenters. The maximum atomic E-state index is 13.0. The monoisotopic (exact) mass is 414 g/mol. The number of Topliss-reactive ketones (excluding diaryl/α,β-unsaturated/α-hetero) is 1. The Morgan fingerprint density at radius 1 is 1.21 bits per heavy atom. The van der Waals surface area contributed by atoms with Crippen LogP contribution in [0.1, 0.15) is 27.6 Å². The summed E-state index contributed by atoms with van der Waals surface area (Å²) in [6, 6.07) is 6.59. The number of carbonyl (C=O) groups is 2. The van der Waals surface area contributed by atoms with Crippen LogP contribution in [-0.2, 0) is 9.59 Å². The minimum Gasteiger partial charge on any atom is -0.507 e. The van der Waals surface area contributed by atoms with E-state index in [0.29, 0.717) is 24.4 Å². The van der Waals surface area contributed by atoms with Gasteiger partial charge in [0.1, 0.15) is 11.5 Å². The van der Waals surface area contributed by atoms with Gasteiger partial charge in [0.05, 0.1) is 18.7 Å². The second-order valence-electron chi connectivity index (χ2n) is 7.45. The molecule has 1 unspecified atom stereocenters. The topological polar surface area (TPSA) is 70.1 Å². The molecule has 29 heavy (non-hydrogen) atoms. The highest BCUT2D eigenvalue weighted by molar-refractivity contribution is 7.10. The molecule has 1 aromatic carbocycles. The summed E-state index contributed by atoms with van der Waals surface area (Å²) in [4.78, 5) is 30.2. The summed E-state index contributed by atoms with van der Waals surface area (Å²) in [5, 5.41) is 13.0. The van der Waals surface area contributed by atoms with Gasteiger partial charge in [0.25, 0.3) is 11.7 Å². The van der Waals surface area contributed by atoms with Crippen LogP contribution < -0.4 is 4.74 Å². The van der Waals surface area contributed by atoms with Gasteiger partial charge < -0.3 is 19.6 Å². The van der Waals surface area contributed by atoms with Gasteiger partial charge in [-0.3, -0.25) is 9.59 Å². The quantitative estimate of drug-likeness (QED) is 0.446. The number of likely N-dealkylation sites (N-methyl/N-ethyl adjacent to an activating group) is 1. The van der Waals surface area contributed by atoms with Crippen LogP contribution in [0.5, 0.6) is 5.75 Å². The molecule has 6 nitrogen and oxygen atoms in total. The van der Waals surface area contributed by atoms with E-state index in [-0.39, 0.29) is 11.3 Å². The number of nitrogens with zero attached hydrogens (tertiary/aromatic N) is 2. The molecule has 0 radical (unpaired) electrons. The van der Waals surface area contributed by atoms with E-state index in [1.807, 2.05) is 44.3 Å². The number of aliphatic hydroxyl groups is 1. The summed E-state index contributed by atoms with van der Waals surface area (Å²) in [5.74, 6) is -0.679. The Morgan fingerprint density at radius 2 is 1.93 bits per heavy atom. The molecule has 1 aromatic heterocycles. The minimum absolute atomic E-state index is 0.142. The number of thiophene rings is 1. The van der Waals surface area contributed by atoms with E-state index < -0.39 is 17.7 Å². The molecular weight excluding hydrogens is 388 g/mol. The fourth-order valence-electron chi connectivity index (χ4n) is 3.54. The van der Waals surface area contributed by atoms with Gasteiger partial charge in [-0.2, -0.15) is 0 Å². The van der Waals surface area contributed by atoms with Crippen molar-refractivity contribution in [2.75, 3.05) is 34.3 Å². The summed E-state index contributed by atoms with van der Waals surface area (Å²) in [6.07, 6.45) is 0. The molecule has 0 spiro atoms. The van der Waals surface area contributed by atoms with Crippen LogP contribution in [0, 0.1) is 13.8 Å². The summed E-state index contributed by atoms with van der Waals surface area (Å²) in [6.45, 7) is 4.84. The van der Waals surface area contributed by atoms with E-state index in [1.54, 1.807) is 30.2 Å². The van der Waals surface area contributed by atoms with Crippen LogP contribution in [0.15, 0.2) is 35.2 Å². The Morgan fingerprint density at radius 3 is 2.48 bits per heavy atom. The van der Waals surface area contributed by atoms with Crippen molar-refractivity contribution >= 4 is 28.8 Å². The standard InChI is InChI=1S/C22H26N2O4S/c1-13-8-11-29-21(13)18-17(20(26)22(27)24(18)10-9-23(3)4)19(25)15-6-7-16(28-5)14(2)12-15/h6-8,11-12,18,25H,9-10H2,1-5H3/b19-17-. The lowest BCUT2D eigenvalue weighted by molar-refractivity contribution is -0.140. The fraction of sp³-hybridized carbons (Fsp3) is 0.364. The summed E-state index contributed by atoms with van der Waals surface area (Å²) in [7, 11) is 5.42. The van der Waals surface area contributed by atoms with Crippen molar-refractivity contribution < 1.29 is 19.4 Å². The van der Waals surface area contributed by atoms with E-state index in [9.17, 15) is 14.7 Å². The predicted molar refractivity (Wildman–Crippen MR) is 114 cm³/mol. The number of methoxy groups -OCH3 is 1. The van der Waals surface area contributed by atoms with Crippen molar-refractivity contribution in [3.05, 3.63) is 56.8 Å². The van der Waals surface area contributed by atoms with Crippen LogP contribution in [-0.4, -0.2) is 60.9 Å². The average molecular weight is 415 g/mol. The number of hydrogen-bond acceptors (Lipinski definition) is 6. The summed E-state index contributed by atoms with van der Waals surface area (Å²) in [5.41, 5.74) is 2.47. The van der Waals surface area contributed by atoms with Crippen molar-refractivity contribution in [3.63, 3.8) is 0 Å². The van der Waals surface area contributed by atoms with Crippen LogP contribution in [0.3, 0.4) is 0 Å². The number of ether oxygens (including phenoxy) is 1. The van der Waals surface area contributed by atoms with Gasteiger partial charge in [0.2, 0.25) is 0 Å². The van der Waals surface area contributed by atoms with Gasteiger partial charge >= 0.3 is 0 Å². The molecule has 0 bridgehead atoms. The zero-order valence-corrected chi connectivity index (χ0v) is 18.2. The molecule has 2 heterocycles. The molecule has 1 fully saturated rings. The largest absolute Gasteiger partial charge is 0.507 e. The van der Waals surface area contributed by atoms with Crippen molar-refractivity contribution in [1.82, 2.24) is 9.80 Å². The first-order chi connectivity index (χ1) is 13.8. The first kappa shape index (κ1) is 21.1. The number of ketones is 1. The van der Waals surface area contributed by atoms with Gasteiger partial charge in [-0.25, -0.2) is 0 Å². The summed E-state index contributed by atoms with van der Waals surface area (Å²) < 4.78 is 5.28. The fourth-order valence-corrected chi connectivity index (χ4v) is 4.58. The van der Waals surface area contributed by atoms with Crippen LogP contribution in [0.25, 0.3) is 5.76 Å². The lowest BCUT2D eigenvalue weighted by atomic mass is 9.97. The molecule has 1 aliphatic rings. The average Bonchev–Trinajstić information content (AvgIpc) is 3.20. The molecule has 2 aromatic rings. The maximum Gasteiger partial charge on any atom is 0.295 e. The number of aliphatic hydroxyl groups excluding tert-OH is 1.